The summed E-state index contributed by atoms with van der Waals surface area (Å²) in [5.74, 6) is 1.13. The van der Waals surface area contributed by atoms with Crippen LogP contribution in [0.1, 0.15) is 46.1 Å². The van der Waals surface area contributed by atoms with E-state index in [9.17, 15) is 4.39 Å². The van der Waals surface area contributed by atoms with Crippen molar-refractivity contribution in [1.29, 1.82) is 0 Å². The number of fused-ring (bicyclic) bond motifs is 5. The first kappa shape index (κ1) is 18.2. The van der Waals surface area contributed by atoms with Gasteiger partial charge in [0, 0.05) is 27.8 Å². The minimum atomic E-state index is -0.325. The molecule has 0 radical (unpaired) electrons. The molecule has 3 nitrogen and oxygen atoms in total. The largest absolute Gasteiger partial charge is 0.465 e. The lowest BCUT2D eigenvalue weighted by molar-refractivity contribution is 0.167. The first-order chi connectivity index (χ1) is 14.1. The average molecular weight is 492 g/mol. The number of nitrogens with zero attached hydrogens (tertiary/aromatic N) is 2. The normalized spacial score (nSPS) is 22.1. The van der Waals surface area contributed by atoms with Crippen molar-refractivity contribution < 1.29 is 9.13 Å². The summed E-state index contributed by atoms with van der Waals surface area (Å²) in [6.45, 7) is 0. The van der Waals surface area contributed by atoms with Crippen LogP contribution < -0.4 is 9.64 Å². The standard InChI is InChI=1S/C22H17BrClFN2OS/c23-13-8-15(25)21-17-7-12-6-14(24)3-4-16(12)27(17)22(28-18(21)9-13)19-10-26-20(29-19)5-11-1-2-11/h3-4,6,8-11,17,22H,1-2,5,7H2. The third kappa shape index (κ3) is 3.07. The van der Waals surface area contributed by atoms with E-state index in [1.165, 1.54) is 18.9 Å². The van der Waals surface area contributed by atoms with Gasteiger partial charge in [0.25, 0.3) is 0 Å². The molecule has 7 heteroatoms. The van der Waals surface area contributed by atoms with Gasteiger partial charge in [-0.25, -0.2) is 9.37 Å². The summed E-state index contributed by atoms with van der Waals surface area (Å²) >= 11 is 11.4. The van der Waals surface area contributed by atoms with Crippen molar-refractivity contribution in [1.82, 2.24) is 4.98 Å². The maximum absolute atomic E-state index is 15.0. The molecule has 2 aliphatic heterocycles. The van der Waals surface area contributed by atoms with Crippen molar-refractivity contribution in [3.8, 4) is 5.75 Å². The first-order valence-corrected chi connectivity index (χ1v) is 11.7. The van der Waals surface area contributed by atoms with Crippen LogP contribution in [0.3, 0.4) is 0 Å². The highest BCUT2D eigenvalue weighted by molar-refractivity contribution is 9.10. The van der Waals surface area contributed by atoms with Gasteiger partial charge in [0.1, 0.15) is 11.6 Å². The third-order valence-corrected chi connectivity index (χ3v) is 7.67. The Morgan fingerprint density at radius 2 is 2.14 bits per heavy atom. The molecule has 3 aliphatic rings. The Bertz CT molecular complexity index is 1130. The number of hydrogen-bond acceptors (Lipinski definition) is 4. The van der Waals surface area contributed by atoms with E-state index in [1.54, 1.807) is 11.3 Å². The highest BCUT2D eigenvalue weighted by atomic mass is 79.9. The molecule has 1 saturated carbocycles. The minimum Gasteiger partial charge on any atom is -0.465 e. The topological polar surface area (TPSA) is 25.4 Å². The quantitative estimate of drug-likeness (QED) is 0.401. The lowest BCUT2D eigenvalue weighted by atomic mass is 9.99. The number of benzene rings is 2. The summed E-state index contributed by atoms with van der Waals surface area (Å²) in [7, 11) is 0. The summed E-state index contributed by atoms with van der Waals surface area (Å²) in [6, 6.07) is 9.13. The van der Waals surface area contributed by atoms with Crippen molar-refractivity contribution in [2.75, 3.05) is 4.90 Å². The second kappa shape index (κ2) is 6.69. The zero-order chi connectivity index (χ0) is 19.7. The van der Waals surface area contributed by atoms with Crippen molar-refractivity contribution in [2.24, 2.45) is 5.92 Å². The van der Waals surface area contributed by atoms with Gasteiger partial charge in [-0.05, 0) is 61.1 Å². The van der Waals surface area contributed by atoms with Gasteiger partial charge in [0.05, 0.1) is 21.5 Å². The van der Waals surface area contributed by atoms with Gasteiger partial charge in [-0.15, -0.1) is 11.3 Å². The number of hydrogen-bond donors (Lipinski definition) is 0. The molecular formula is C22H17BrClFN2OS. The third-order valence-electron chi connectivity index (χ3n) is 5.92. The summed E-state index contributed by atoms with van der Waals surface area (Å²) < 4.78 is 22.1. The zero-order valence-corrected chi connectivity index (χ0v) is 18.5. The lowest BCUT2D eigenvalue weighted by Gasteiger charge is -2.40. The molecule has 1 fully saturated rings. The van der Waals surface area contributed by atoms with Crippen LogP contribution in [0.15, 0.2) is 41.0 Å². The molecule has 29 heavy (non-hydrogen) atoms. The summed E-state index contributed by atoms with van der Waals surface area (Å²) in [4.78, 5) is 7.90. The Labute approximate surface area is 185 Å². The van der Waals surface area contributed by atoms with E-state index in [0.29, 0.717) is 27.2 Å². The number of thiazole rings is 1. The second-order valence-corrected chi connectivity index (χ2v) is 10.5. The van der Waals surface area contributed by atoms with Crippen molar-refractivity contribution >= 4 is 44.6 Å². The van der Waals surface area contributed by atoms with E-state index >= 15 is 0 Å². The van der Waals surface area contributed by atoms with Crippen molar-refractivity contribution in [2.45, 2.75) is 38.0 Å². The molecular weight excluding hydrogens is 475 g/mol. The molecule has 2 unspecified atom stereocenters. The van der Waals surface area contributed by atoms with E-state index in [2.05, 4.69) is 25.8 Å². The van der Waals surface area contributed by atoms with Crippen LogP contribution in [0.5, 0.6) is 5.75 Å². The van der Waals surface area contributed by atoms with Gasteiger partial charge in [0.2, 0.25) is 6.23 Å². The molecule has 0 spiro atoms. The minimum absolute atomic E-state index is 0.126. The Morgan fingerprint density at radius 1 is 1.28 bits per heavy atom. The van der Waals surface area contributed by atoms with Crippen LogP contribution >= 0.6 is 38.9 Å². The van der Waals surface area contributed by atoms with E-state index in [4.69, 9.17) is 16.3 Å². The molecule has 0 bridgehead atoms. The van der Waals surface area contributed by atoms with E-state index < -0.39 is 0 Å². The van der Waals surface area contributed by atoms with Gasteiger partial charge >= 0.3 is 0 Å². The molecule has 2 atom stereocenters. The molecule has 0 saturated heterocycles. The average Bonchev–Trinajstić information content (AvgIpc) is 3.22. The monoisotopic (exact) mass is 490 g/mol. The predicted molar refractivity (Wildman–Crippen MR) is 116 cm³/mol. The molecule has 148 valence electrons. The molecule has 2 aromatic carbocycles. The maximum Gasteiger partial charge on any atom is 0.210 e. The predicted octanol–water partition coefficient (Wildman–Crippen LogP) is 6.85. The van der Waals surface area contributed by atoms with Gasteiger partial charge in [-0.2, -0.15) is 0 Å². The smallest absolute Gasteiger partial charge is 0.210 e. The Balaban J connectivity index is 1.47. The Hall–Kier alpha value is -1.63. The molecule has 1 aliphatic carbocycles. The van der Waals surface area contributed by atoms with Gasteiger partial charge in [0.15, 0.2) is 0 Å². The van der Waals surface area contributed by atoms with E-state index in [0.717, 1.165) is 33.5 Å². The fourth-order valence-electron chi connectivity index (χ4n) is 4.43. The van der Waals surface area contributed by atoms with Gasteiger partial charge in [-0.3, -0.25) is 0 Å². The molecule has 3 aromatic rings. The van der Waals surface area contributed by atoms with Crippen LogP contribution in [0.4, 0.5) is 10.1 Å². The fourth-order valence-corrected chi connectivity index (χ4v) is 6.10. The van der Waals surface area contributed by atoms with Crippen LogP contribution in [-0.4, -0.2) is 4.98 Å². The highest BCUT2D eigenvalue weighted by Gasteiger charge is 2.44. The second-order valence-electron chi connectivity index (χ2n) is 7.97. The summed E-state index contributed by atoms with van der Waals surface area (Å²) in [5, 5.41) is 1.85. The zero-order valence-electron chi connectivity index (χ0n) is 15.4. The van der Waals surface area contributed by atoms with Crippen LogP contribution in [0, 0.1) is 11.7 Å². The fraction of sp³-hybridized carbons (Fsp3) is 0.318. The number of aromatic nitrogens is 1. The lowest BCUT2D eigenvalue weighted by Crippen LogP contribution is -2.37. The summed E-state index contributed by atoms with van der Waals surface area (Å²) in [5.41, 5.74) is 2.78. The van der Waals surface area contributed by atoms with E-state index in [-0.39, 0.29) is 18.1 Å². The molecule has 0 N–H and O–H groups in total. The summed E-state index contributed by atoms with van der Waals surface area (Å²) in [6.07, 6.45) is 5.96. The number of halogens is 3. The maximum atomic E-state index is 15.0. The highest BCUT2D eigenvalue weighted by Crippen LogP contribution is 2.53. The number of ether oxygens (including phenoxy) is 1. The van der Waals surface area contributed by atoms with Gasteiger partial charge < -0.3 is 9.64 Å². The first-order valence-electron chi connectivity index (χ1n) is 9.74. The molecule has 3 heterocycles. The van der Waals surface area contributed by atoms with Crippen LogP contribution in [0.25, 0.3) is 0 Å². The van der Waals surface area contributed by atoms with Gasteiger partial charge in [-0.1, -0.05) is 27.5 Å². The van der Waals surface area contributed by atoms with Crippen LogP contribution in [-0.2, 0) is 12.8 Å². The molecule has 6 rings (SSSR count). The Morgan fingerprint density at radius 3 is 2.97 bits per heavy atom. The van der Waals surface area contributed by atoms with Crippen molar-refractivity contribution in [3.05, 3.63) is 72.9 Å². The number of rotatable bonds is 3. The van der Waals surface area contributed by atoms with E-state index in [1.807, 2.05) is 30.5 Å². The molecule has 0 amide bonds. The van der Waals surface area contributed by atoms with Crippen molar-refractivity contribution in [3.63, 3.8) is 0 Å². The Kier molecular flexibility index (Phi) is 4.19. The van der Waals surface area contributed by atoms with Crippen LogP contribution in [0.2, 0.25) is 5.02 Å². The SMILES string of the molecule is Fc1cc(Br)cc2c1C1Cc3cc(Cl)ccc3N1C(c1cnc(CC3CC3)s1)O2. The number of anilines is 1. The molecule has 1 aromatic heterocycles.